The second-order valence-corrected chi connectivity index (χ2v) is 14.6. The highest BCUT2D eigenvalue weighted by Crippen LogP contribution is 2.42. The molecule has 0 radical (unpaired) electrons. The van der Waals surface area contributed by atoms with Gasteiger partial charge in [-0.3, -0.25) is 0 Å². The topological polar surface area (TPSA) is 18.5 Å². The van der Waals surface area contributed by atoms with Crippen molar-refractivity contribution in [1.82, 2.24) is 0 Å². The van der Waals surface area contributed by atoms with Crippen LogP contribution in [0.15, 0.2) is 96.4 Å². The summed E-state index contributed by atoms with van der Waals surface area (Å²) in [5, 5.41) is 4.70. The summed E-state index contributed by atoms with van der Waals surface area (Å²) in [5.41, 5.74) is 1.93. The predicted molar refractivity (Wildman–Crippen MR) is 139 cm³/mol. The van der Waals surface area contributed by atoms with Gasteiger partial charge in [0.05, 0.1) is 6.61 Å². The van der Waals surface area contributed by atoms with Gasteiger partial charge in [-0.05, 0) is 38.0 Å². The average Bonchev–Trinajstić information content (AvgIpc) is 3.30. The van der Waals surface area contributed by atoms with Crippen molar-refractivity contribution in [3.63, 3.8) is 0 Å². The zero-order valence-corrected chi connectivity index (χ0v) is 21.2. The molecule has 3 aromatic carbocycles. The smallest absolute Gasteiger partial charge is 0.260 e. The fourth-order valence-corrected chi connectivity index (χ4v) is 10.6. The van der Waals surface area contributed by atoms with Crippen molar-refractivity contribution in [2.24, 2.45) is 0 Å². The summed E-state index contributed by atoms with van der Waals surface area (Å²) in [6.45, 7) is 7.50. The lowest BCUT2D eigenvalue weighted by Gasteiger charge is -2.44. The van der Waals surface area contributed by atoms with Gasteiger partial charge in [-0.25, -0.2) is 0 Å². The molecule has 1 heterocycles. The van der Waals surface area contributed by atoms with E-state index in [2.05, 4.69) is 111 Å². The van der Waals surface area contributed by atoms with Crippen LogP contribution in [0.4, 0.5) is 0 Å². The second-order valence-electron chi connectivity index (χ2n) is 9.32. The van der Waals surface area contributed by atoms with E-state index >= 15 is 0 Å². The van der Waals surface area contributed by atoms with Crippen LogP contribution in [0.2, 0.25) is 5.04 Å². The first-order valence-electron chi connectivity index (χ1n) is 11.1. The molecule has 32 heavy (non-hydrogen) atoms. The third-order valence-corrected chi connectivity index (χ3v) is 12.4. The fraction of sp³-hybridized carbons (Fsp3) is 0.286. The lowest BCUT2D eigenvalue weighted by atomic mass is 9.95. The first kappa shape index (κ1) is 23.1. The number of benzene rings is 3. The third kappa shape index (κ3) is 4.13. The van der Waals surface area contributed by atoms with Crippen molar-refractivity contribution in [1.29, 1.82) is 0 Å². The van der Waals surface area contributed by atoms with Crippen molar-refractivity contribution in [3.05, 3.63) is 108 Å². The first-order chi connectivity index (χ1) is 15.4. The number of thioether (sulfide) groups is 1. The molecule has 0 fully saturated rings. The molecular weight excluding hydrogens is 428 g/mol. The minimum atomic E-state index is -2.61. The molecule has 1 aliphatic rings. The molecule has 4 heteroatoms. The highest BCUT2D eigenvalue weighted by atomic mass is 32.2. The number of hydrogen-bond donors (Lipinski definition) is 0. The maximum atomic E-state index is 6.75. The Morgan fingerprint density at radius 2 is 1.50 bits per heavy atom. The molecule has 0 amide bonds. The van der Waals surface area contributed by atoms with E-state index in [1.165, 1.54) is 21.5 Å². The second kappa shape index (κ2) is 9.40. The summed E-state index contributed by atoms with van der Waals surface area (Å²) in [6.07, 6.45) is 2.24. The molecule has 0 aliphatic carbocycles. The highest BCUT2D eigenvalue weighted by molar-refractivity contribution is 8.02. The molecule has 166 valence electrons. The molecule has 3 aromatic rings. The quantitative estimate of drug-likeness (QED) is 0.411. The molecule has 0 N–H and O–H groups in total. The van der Waals surface area contributed by atoms with Gasteiger partial charge in [0.1, 0.15) is 5.60 Å². The first-order valence-corrected chi connectivity index (χ1v) is 14.1. The summed E-state index contributed by atoms with van der Waals surface area (Å²) in [7, 11) is -0.727. The molecule has 0 spiro atoms. The van der Waals surface area contributed by atoms with Gasteiger partial charge in [-0.2, -0.15) is 0 Å². The minimum absolute atomic E-state index is 0.0602. The molecular formula is C28H32O2SSi. The van der Waals surface area contributed by atoms with Gasteiger partial charge in [0.2, 0.25) is 0 Å². The summed E-state index contributed by atoms with van der Waals surface area (Å²) in [6, 6.07) is 30.0. The summed E-state index contributed by atoms with van der Waals surface area (Å²) < 4.78 is 13.4. The number of rotatable bonds is 7. The lowest BCUT2D eigenvalue weighted by molar-refractivity contribution is -0.00456. The zero-order valence-electron chi connectivity index (χ0n) is 19.4. The Balaban J connectivity index is 1.87. The van der Waals surface area contributed by atoms with Gasteiger partial charge < -0.3 is 9.16 Å². The highest BCUT2D eigenvalue weighted by Gasteiger charge is 2.52. The minimum Gasteiger partial charge on any atom is -0.411 e. The van der Waals surface area contributed by atoms with Crippen LogP contribution in [0, 0.1) is 0 Å². The van der Waals surface area contributed by atoms with Crippen LogP contribution in [-0.4, -0.2) is 21.2 Å². The van der Waals surface area contributed by atoms with E-state index in [1.54, 1.807) is 0 Å². The molecule has 2 nitrogen and oxygen atoms in total. The maximum absolute atomic E-state index is 6.75. The Labute approximate surface area is 197 Å². The summed E-state index contributed by atoms with van der Waals surface area (Å²) >= 11 is 1.81. The third-order valence-electron chi connectivity index (χ3n) is 6.38. The monoisotopic (exact) mass is 460 g/mol. The van der Waals surface area contributed by atoms with Gasteiger partial charge in [0.25, 0.3) is 8.32 Å². The summed E-state index contributed by atoms with van der Waals surface area (Å²) in [5.74, 6) is 0.865. The van der Waals surface area contributed by atoms with E-state index in [1.807, 2.05) is 24.9 Å². The van der Waals surface area contributed by atoms with Crippen LogP contribution in [-0.2, 0) is 21.4 Å². The normalized spacial score (nSPS) is 20.2. The number of ether oxygens (including phenoxy) is 1. The fourth-order valence-electron chi connectivity index (χ4n) is 4.86. The van der Waals surface area contributed by atoms with Crippen LogP contribution in [0.3, 0.4) is 0 Å². The van der Waals surface area contributed by atoms with Crippen molar-refractivity contribution in [3.8, 4) is 0 Å². The van der Waals surface area contributed by atoms with E-state index in [0.29, 0.717) is 6.61 Å². The largest absolute Gasteiger partial charge is 0.411 e. The molecule has 0 saturated carbocycles. The van der Waals surface area contributed by atoms with Crippen molar-refractivity contribution in [2.75, 3.05) is 12.9 Å². The molecule has 4 rings (SSSR count). The van der Waals surface area contributed by atoms with Crippen LogP contribution >= 0.6 is 11.8 Å². The van der Waals surface area contributed by atoms with E-state index in [4.69, 9.17) is 9.16 Å². The van der Waals surface area contributed by atoms with E-state index in [-0.39, 0.29) is 5.04 Å². The molecule has 0 saturated heterocycles. The Kier molecular flexibility index (Phi) is 6.77. The summed E-state index contributed by atoms with van der Waals surface area (Å²) in [4.78, 5) is 0. The Morgan fingerprint density at radius 3 is 2.09 bits per heavy atom. The van der Waals surface area contributed by atoms with Crippen LogP contribution in [0.1, 0.15) is 31.9 Å². The Morgan fingerprint density at radius 1 is 0.875 bits per heavy atom. The van der Waals surface area contributed by atoms with Crippen LogP contribution in [0.5, 0.6) is 0 Å². The maximum Gasteiger partial charge on any atom is 0.260 e. The van der Waals surface area contributed by atoms with Gasteiger partial charge in [0, 0.05) is 12.9 Å². The predicted octanol–water partition coefficient (Wildman–Crippen LogP) is 5.87. The van der Waals surface area contributed by atoms with Gasteiger partial charge in [0.15, 0.2) is 0 Å². The lowest BCUT2D eigenvalue weighted by Crippen LogP contribution is -2.67. The van der Waals surface area contributed by atoms with Crippen molar-refractivity contribution >= 4 is 30.5 Å². The molecule has 1 aliphatic heterocycles. The molecule has 0 aromatic heterocycles. The van der Waals surface area contributed by atoms with Gasteiger partial charge in [-0.15, -0.1) is 11.8 Å². The van der Waals surface area contributed by atoms with E-state index < -0.39 is 13.9 Å². The Bertz CT molecular complexity index is 1060. The van der Waals surface area contributed by atoms with Gasteiger partial charge >= 0.3 is 0 Å². The Hall–Kier alpha value is -2.11. The van der Waals surface area contributed by atoms with E-state index in [9.17, 15) is 0 Å². The molecule has 0 bridgehead atoms. The van der Waals surface area contributed by atoms with Crippen molar-refractivity contribution < 1.29 is 9.16 Å². The SMILES string of the molecule is CO[Si](c1ccccc1)(c1ccccc1C1(OCc2ccccc2)C=CSC1)C(C)(C)C. The average molecular weight is 461 g/mol. The molecule has 2 unspecified atom stereocenters. The van der Waals surface area contributed by atoms with Gasteiger partial charge in [-0.1, -0.05) is 106 Å². The van der Waals surface area contributed by atoms with E-state index in [0.717, 1.165) is 5.75 Å². The van der Waals surface area contributed by atoms with Crippen molar-refractivity contribution in [2.45, 2.75) is 38.0 Å². The van der Waals surface area contributed by atoms with Crippen LogP contribution in [0.25, 0.3) is 0 Å². The zero-order chi connectivity index (χ0) is 22.7. The standard InChI is InChI=1S/C28H32O2SSi/c1-27(2,3)32(29-4,24-15-9-6-10-16-24)26-18-12-11-17-25(26)28(19-20-31-22-28)30-21-23-13-7-5-8-14-23/h5-20H,21-22H2,1-4H3. The van der Waals surface area contributed by atoms with Crippen LogP contribution < -0.4 is 10.4 Å². The number of hydrogen-bond acceptors (Lipinski definition) is 3. The molecule has 2 atom stereocenters.